The SMILES string of the molecule is COc1ccc(OCC2CCCO2)c(B(O)O)c1. The molecular formula is C12H17BO5. The third-order valence-electron chi connectivity index (χ3n) is 2.94. The summed E-state index contributed by atoms with van der Waals surface area (Å²) in [5.41, 5.74) is 0.298. The third kappa shape index (κ3) is 3.16. The van der Waals surface area contributed by atoms with Gasteiger partial charge in [0.15, 0.2) is 0 Å². The molecule has 6 heteroatoms. The maximum absolute atomic E-state index is 9.31. The Labute approximate surface area is 106 Å². The fourth-order valence-corrected chi connectivity index (χ4v) is 1.95. The van der Waals surface area contributed by atoms with E-state index in [4.69, 9.17) is 14.2 Å². The lowest BCUT2D eigenvalue weighted by atomic mass is 9.79. The van der Waals surface area contributed by atoms with Crippen LogP contribution < -0.4 is 14.9 Å². The van der Waals surface area contributed by atoms with Gasteiger partial charge in [0, 0.05) is 12.1 Å². The molecule has 0 aromatic heterocycles. The van der Waals surface area contributed by atoms with Gasteiger partial charge < -0.3 is 24.3 Å². The summed E-state index contributed by atoms with van der Waals surface area (Å²) in [5, 5.41) is 18.6. The first-order chi connectivity index (χ1) is 8.70. The molecule has 1 heterocycles. The molecule has 0 saturated carbocycles. The van der Waals surface area contributed by atoms with Crippen LogP contribution >= 0.6 is 0 Å². The largest absolute Gasteiger partial charge is 0.497 e. The summed E-state index contributed by atoms with van der Waals surface area (Å²) in [6.45, 7) is 1.19. The van der Waals surface area contributed by atoms with Crippen molar-refractivity contribution in [2.45, 2.75) is 18.9 Å². The molecule has 1 aromatic carbocycles. The summed E-state index contributed by atoms with van der Waals surface area (Å²) in [6.07, 6.45) is 2.12. The van der Waals surface area contributed by atoms with Gasteiger partial charge in [-0.1, -0.05) is 0 Å². The van der Waals surface area contributed by atoms with E-state index in [1.165, 1.54) is 7.11 Å². The van der Waals surface area contributed by atoms with Crippen LogP contribution in [0.1, 0.15) is 12.8 Å². The number of hydrogen-bond acceptors (Lipinski definition) is 5. The second-order valence-corrected chi connectivity index (χ2v) is 4.22. The van der Waals surface area contributed by atoms with E-state index in [0.29, 0.717) is 23.6 Å². The standard InChI is InChI=1S/C12H17BO5/c1-16-9-4-5-12(11(7-9)13(14)15)18-8-10-3-2-6-17-10/h4-5,7,10,14-15H,2-3,6,8H2,1H3. The Morgan fingerprint density at radius 2 is 2.28 bits per heavy atom. The van der Waals surface area contributed by atoms with Gasteiger partial charge in [0.05, 0.1) is 13.2 Å². The van der Waals surface area contributed by atoms with Crippen LogP contribution in [0.25, 0.3) is 0 Å². The highest BCUT2D eigenvalue weighted by molar-refractivity contribution is 6.59. The average Bonchev–Trinajstić information content (AvgIpc) is 2.89. The van der Waals surface area contributed by atoms with Crippen molar-refractivity contribution >= 4 is 12.6 Å². The Hall–Kier alpha value is -1.24. The minimum absolute atomic E-state index is 0.0933. The summed E-state index contributed by atoms with van der Waals surface area (Å²) in [4.78, 5) is 0. The fourth-order valence-electron chi connectivity index (χ4n) is 1.95. The first-order valence-corrected chi connectivity index (χ1v) is 5.99. The highest BCUT2D eigenvalue weighted by atomic mass is 16.5. The molecule has 98 valence electrons. The van der Waals surface area contributed by atoms with Crippen LogP contribution in [0.2, 0.25) is 0 Å². The molecule has 1 aromatic rings. The molecule has 5 nitrogen and oxygen atoms in total. The van der Waals surface area contributed by atoms with Gasteiger partial charge in [-0.2, -0.15) is 0 Å². The number of methoxy groups -OCH3 is 1. The summed E-state index contributed by atoms with van der Waals surface area (Å²) in [7, 11) is -0.0601. The van der Waals surface area contributed by atoms with Gasteiger partial charge in [0.2, 0.25) is 0 Å². The van der Waals surface area contributed by atoms with E-state index in [2.05, 4.69) is 0 Å². The smallest absolute Gasteiger partial charge is 0.492 e. The maximum Gasteiger partial charge on any atom is 0.492 e. The second kappa shape index (κ2) is 6.09. The van der Waals surface area contributed by atoms with E-state index >= 15 is 0 Å². The summed E-state index contributed by atoms with van der Waals surface area (Å²) in [5.74, 6) is 1.00. The van der Waals surface area contributed by atoms with Crippen LogP contribution in [0, 0.1) is 0 Å². The lowest BCUT2D eigenvalue weighted by molar-refractivity contribution is 0.0682. The minimum atomic E-state index is -1.58. The van der Waals surface area contributed by atoms with E-state index < -0.39 is 7.12 Å². The van der Waals surface area contributed by atoms with Crippen molar-refractivity contribution in [2.24, 2.45) is 0 Å². The molecule has 0 amide bonds. The molecule has 1 saturated heterocycles. The minimum Gasteiger partial charge on any atom is -0.497 e. The molecule has 0 bridgehead atoms. The lowest BCUT2D eigenvalue weighted by Gasteiger charge is -2.15. The number of benzene rings is 1. The van der Waals surface area contributed by atoms with Crippen molar-refractivity contribution in [1.29, 1.82) is 0 Å². The molecule has 18 heavy (non-hydrogen) atoms. The van der Waals surface area contributed by atoms with Crippen molar-refractivity contribution in [2.75, 3.05) is 20.3 Å². The molecule has 0 spiro atoms. The van der Waals surface area contributed by atoms with Gasteiger partial charge in [-0.05, 0) is 31.0 Å². The zero-order chi connectivity index (χ0) is 13.0. The molecule has 0 aliphatic carbocycles. The predicted molar refractivity (Wildman–Crippen MR) is 67.3 cm³/mol. The van der Waals surface area contributed by atoms with Gasteiger partial charge in [0.1, 0.15) is 18.1 Å². The van der Waals surface area contributed by atoms with Crippen molar-refractivity contribution in [3.05, 3.63) is 18.2 Å². The zero-order valence-electron chi connectivity index (χ0n) is 10.3. The maximum atomic E-state index is 9.31. The van der Waals surface area contributed by atoms with Crippen LogP contribution in [0.5, 0.6) is 11.5 Å². The van der Waals surface area contributed by atoms with Crippen LogP contribution in [0.3, 0.4) is 0 Å². The molecule has 1 atom stereocenters. The molecule has 2 N–H and O–H groups in total. The third-order valence-corrected chi connectivity index (χ3v) is 2.94. The Bertz CT molecular complexity index is 390. The number of hydrogen-bond donors (Lipinski definition) is 2. The van der Waals surface area contributed by atoms with Crippen molar-refractivity contribution in [3.8, 4) is 11.5 Å². The molecule has 1 aliphatic rings. The van der Waals surface area contributed by atoms with Gasteiger partial charge >= 0.3 is 7.12 Å². The first-order valence-electron chi connectivity index (χ1n) is 5.99. The van der Waals surface area contributed by atoms with Crippen LogP contribution in [0.4, 0.5) is 0 Å². The van der Waals surface area contributed by atoms with E-state index in [1.807, 2.05) is 0 Å². The highest BCUT2D eigenvalue weighted by Crippen LogP contribution is 2.18. The second-order valence-electron chi connectivity index (χ2n) is 4.22. The van der Waals surface area contributed by atoms with E-state index in [0.717, 1.165) is 19.4 Å². The molecule has 2 rings (SSSR count). The predicted octanol–water partition coefficient (Wildman–Crippen LogP) is -0.0672. The van der Waals surface area contributed by atoms with Gasteiger partial charge in [-0.15, -0.1) is 0 Å². The number of rotatable bonds is 5. The quantitative estimate of drug-likeness (QED) is 0.718. The van der Waals surface area contributed by atoms with E-state index in [1.54, 1.807) is 18.2 Å². The van der Waals surface area contributed by atoms with Crippen molar-refractivity contribution in [3.63, 3.8) is 0 Å². The first kappa shape index (κ1) is 13.2. The summed E-state index contributed by atoms with van der Waals surface area (Å²) < 4.78 is 16.1. The zero-order valence-corrected chi connectivity index (χ0v) is 10.3. The Morgan fingerprint density at radius 3 is 2.89 bits per heavy atom. The summed E-state index contributed by atoms with van der Waals surface area (Å²) >= 11 is 0. The van der Waals surface area contributed by atoms with Crippen LogP contribution in [0.15, 0.2) is 18.2 Å². The summed E-state index contributed by atoms with van der Waals surface area (Å²) in [6, 6.07) is 4.94. The molecule has 1 fully saturated rings. The topological polar surface area (TPSA) is 68.2 Å². The van der Waals surface area contributed by atoms with Crippen molar-refractivity contribution in [1.82, 2.24) is 0 Å². The molecular weight excluding hydrogens is 235 g/mol. The van der Waals surface area contributed by atoms with E-state index in [-0.39, 0.29) is 6.10 Å². The van der Waals surface area contributed by atoms with Crippen LogP contribution in [-0.4, -0.2) is 43.6 Å². The Morgan fingerprint density at radius 1 is 1.44 bits per heavy atom. The van der Waals surface area contributed by atoms with Gasteiger partial charge in [-0.25, -0.2) is 0 Å². The van der Waals surface area contributed by atoms with Crippen molar-refractivity contribution < 1.29 is 24.3 Å². The van der Waals surface area contributed by atoms with Gasteiger partial charge in [-0.3, -0.25) is 0 Å². The molecule has 0 radical (unpaired) electrons. The Balaban J connectivity index is 2.05. The van der Waals surface area contributed by atoms with E-state index in [9.17, 15) is 10.0 Å². The molecule has 1 unspecified atom stereocenters. The van der Waals surface area contributed by atoms with Gasteiger partial charge in [0.25, 0.3) is 0 Å². The molecule has 1 aliphatic heterocycles. The number of ether oxygens (including phenoxy) is 3. The normalized spacial score (nSPS) is 18.7. The average molecular weight is 252 g/mol. The lowest BCUT2D eigenvalue weighted by Crippen LogP contribution is -2.32. The highest BCUT2D eigenvalue weighted by Gasteiger charge is 2.21. The van der Waals surface area contributed by atoms with Crippen LogP contribution in [-0.2, 0) is 4.74 Å². The monoisotopic (exact) mass is 252 g/mol. The Kier molecular flexibility index (Phi) is 4.46. The fraction of sp³-hybridized carbons (Fsp3) is 0.500.